The summed E-state index contributed by atoms with van der Waals surface area (Å²) >= 11 is 0. The van der Waals surface area contributed by atoms with Crippen molar-refractivity contribution in [3.8, 4) is 0 Å². The number of fused-ring (bicyclic) bond motifs is 2. The van der Waals surface area contributed by atoms with Crippen molar-refractivity contribution in [2.24, 2.45) is 23.2 Å². The van der Waals surface area contributed by atoms with Gasteiger partial charge in [-0.3, -0.25) is 9.59 Å². The van der Waals surface area contributed by atoms with Gasteiger partial charge in [-0.15, -0.1) is 0 Å². The van der Waals surface area contributed by atoms with Crippen LogP contribution in [0.15, 0.2) is 30.3 Å². The van der Waals surface area contributed by atoms with Crippen molar-refractivity contribution in [2.75, 3.05) is 6.54 Å². The summed E-state index contributed by atoms with van der Waals surface area (Å²) in [5.74, 6) is 0.434. The Kier molecular flexibility index (Phi) is 4.93. The van der Waals surface area contributed by atoms with Crippen LogP contribution in [0.3, 0.4) is 0 Å². The monoisotopic (exact) mass is 329 g/mol. The van der Waals surface area contributed by atoms with E-state index in [2.05, 4.69) is 17.4 Å². The van der Waals surface area contributed by atoms with Crippen molar-refractivity contribution in [3.05, 3.63) is 35.9 Å². The van der Waals surface area contributed by atoms with Crippen LogP contribution in [-0.2, 0) is 16.0 Å². The second-order valence-electron chi connectivity index (χ2n) is 7.81. The maximum Gasteiger partial charge on any atom is 0.303 e. The van der Waals surface area contributed by atoms with E-state index in [1.807, 2.05) is 25.1 Å². The average molecular weight is 329 g/mol. The fraction of sp³-hybridized carbons (Fsp3) is 0.600. The Hall–Kier alpha value is -1.84. The molecular weight excluding hydrogens is 302 g/mol. The molecule has 4 atom stereocenters. The molecule has 0 aliphatic heterocycles. The molecule has 0 radical (unpaired) electrons. The van der Waals surface area contributed by atoms with Gasteiger partial charge in [0.15, 0.2) is 0 Å². The molecule has 1 aromatic rings. The summed E-state index contributed by atoms with van der Waals surface area (Å²) in [7, 11) is 0. The molecule has 2 aliphatic rings. The molecular formula is C20H27NO3. The van der Waals surface area contributed by atoms with Crippen molar-refractivity contribution >= 4 is 11.9 Å². The zero-order valence-corrected chi connectivity index (χ0v) is 14.3. The van der Waals surface area contributed by atoms with E-state index >= 15 is 0 Å². The molecule has 130 valence electrons. The number of aliphatic carboxylic acids is 1. The molecule has 2 saturated carbocycles. The number of benzene rings is 1. The molecule has 3 rings (SSSR count). The molecule has 2 bridgehead atoms. The van der Waals surface area contributed by atoms with Crippen LogP contribution in [0.25, 0.3) is 0 Å². The van der Waals surface area contributed by atoms with Gasteiger partial charge in [-0.05, 0) is 49.0 Å². The standard InChI is InChI=1S/C20H27NO3/c1-14(9-18(22)23)13-21-19(24)20(11-15-5-3-2-4-6-15)12-16-7-8-17(20)10-16/h2-6,14,16-17H,7-13H2,1H3,(H,21,24)(H,22,23). The average Bonchev–Trinajstić information content (AvgIpc) is 3.14. The van der Waals surface area contributed by atoms with Gasteiger partial charge in [-0.2, -0.15) is 0 Å². The zero-order valence-electron chi connectivity index (χ0n) is 14.3. The van der Waals surface area contributed by atoms with E-state index in [-0.39, 0.29) is 23.7 Å². The number of hydrogen-bond acceptors (Lipinski definition) is 2. The first-order valence-corrected chi connectivity index (χ1v) is 9.03. The van der Waals surface area contributed by atoms with E-state index in [9.17, 15) is 9.59 Å². The van der Waals surface area contributed by atoms with Crippen LogP contribution in [0, 0.1) is 23.2 Å². The highest BCUT2D eigenvalue weighted by Crippen LogP contribution is 2.57. The normalized spacial score (nSPS) is 29.4. The van der Waals surface area contributed by atoms with Crippen LogP contribution in [-0.4, -0.2) is 23.5 Å². The second-order valence-corrected chi connectivity index (χ2v) is 7.81. The predicted octanol–water partition coefficient (Wildman–Crippen LogP) is 3.26. The van der Waals surface area contributed by atoms with Crippen molar-refractivity contribution in [2.45, 2.75) is 45.4 Å². The Morgan fingerprint density at radius 1 is 1.29 bits per heavy atom. The van der Waals surface area contributed by atoms with Gasteiger partial charge < -0.3 is 10.4 Å². The first-order chi connectivity index (χ1) is 11.5. The molecule has 1 aromatic carbocycles. The summed E-state index contributed by atoms with van der Waals surface area (Å²) in [6.45, 7) is 2.32. The van der Waals surface area contributed by atoms with Gasteiger partial charge in [-0.25, -0.2) is 0 Å². The van der Waals surface area contributed by atoms with E-state index in [1.165, 1.54) is 18.4 Å². The number of rotatable bonds is 7. The lowest BCUT2D eigenvalue weighted by Gasteiger charge is -2.37. The van der Waals surface area contributed by atoms with Crippen LogP contribution >= 0.6 is 0 Å². The van der Waals surface area contributed by atoms with Crippen molar-refractivity contribution < 1.29 is 14.7 Å². The molecule has 4 unspecified atom stereocenters. The fourth-order valence-electron chi connectivity index (χ4n) is 4.79. The van der Waals surface area contributed by atoms with Gasteiger partial charge in [-0.1, -0.05) is 43.7 Å². The Balaban J connectivity index is 1.71. The van der Waals surface area contributed by atoms with E-state index in [1.54, 1.807) is 0 Å². The van der Waals surface area contributed by atoms with Gasteiger partial charge in [0.05, 0.1) is 5.41 Å². The molecule has 0 spiro atoms. The van der Waals surface area contributed by atoms with Crippen molar-refractivity contribution in [1.29, 1.82) is 0 Å². The van der Waals surface area contributed by atoms with Crippen molar-refractivity contribution in [1.82, 2.24) is 5.32 Å². The van der Waals surface area contributed by atoms with Crippen LogP contribution in [0.2, 0.25) is 0 Å². The van der Waals surface area contributed by atoms with Crippen LogP contribution < -0.4 is 5.32 Å². The van der Waals surface area contributed by atoms with E-state index in [4.69, 9.17) is 5.11 Å². The molecule has 0 saturated heterocycles. The highest BCUT2D eigenvalue weighted by Gasteiger charge is 2.55. The summed E-state index contributed by atoms with van der Waals surface area (Å²) in [6.07, 6.45) is 5.45. The summed E-state index contributed by atoms with van der Waals surface area (Å²) < 4.78 is 0. The van der Waals surface area contributed by atoms with Gasteiger partial charge in [0.1, 0.15) is 0 Å². The quantitative estimate of drug-likeness (QED) is 0.807. The third-order valence-corrected chi connectivity index (χ3v) is 5.92. The van der Waals surface area contributed by atoms with Crippen LogP contribution in [0.5, 0.6) is 0 Å². The summed E-state index contributed by atoms with van der Waals surface area (Å²) in [6, 6.07) is 10.3. The molecule has 4 nitrogen and oxygen atoms in total. The Morgan fingerprint density at radius 3 is 2.62 bits per heavy atom. The highest BCUT2D eigenvalue weighted by atomic mass is 16.4. The minimum Gasteiger partial charge on any atom is -0.481 e. The summed E-state index contributed by atoms with van der Waals surface area (Å²) in [5.41, 5.74) is 0.923. The Morgan fingerprint density at radius 2 is 2.04 bits per heavy atom. The smallest absolute Gasteiger partial charge is 0.303 e. The van der Waals surface area contributed by atoms with E-state index in [0.717, 1.165) is 19.3 Å². The molecule has 24 heavy (non-hydrogen) atoms. The number of nitrogens with one attached hydrogen (secondary N) is 1. The lowest BCUT2D eigenvalue weighted by atomic mass is 9.68. The lowest BCUT2D eigenvalue weighted by molar-refractivity contribution is -0.139. The number of carbonyl (C=O) groups is 2. The summed E-state index contributed by atoms with van der Waals surface area (Å²) in [4.78, 5) is 23.9. The first kappa shape index (κ1) is 17.0. The number of hydrogen-bond donors (Lipinski definition) is 2. The minimum atomic E-state index is -0.810. The SMILES string of the molecule is CC(CNC(=O)C1(Cc2ccccc2)CC2CCC1C2)CC(=O)O. The molecule has 0 heterocycles. The predicted molar refractivity (Wildman–Crippen MR) is 92.5 cm³/mol. The van der Waals surface area contributed by atoms with Gasteiger partial charge in [0.25, 0.3) is 0 Å². The van der Waals surface area contributed by atoms with Crippen molar-refractivity contribution in [3.63, 3.8) is 0 Å². The molecule has 4 heteroatoms. The second kappa shape index (κ2) is 6.96. The topological polar surface area (TPSA) is 66.4 Å². The van der Waals surface area contributed by atoms with E-state index < -0.39 is 5.97 Å². The van der Waals surface area contributed by atoms with Gasteiger partial charge in [0, 0.05) is 13.0 Å². The number of carboxylic acids is 1. The molecule has 2 aliphatic carbocycles. The number of carbonyl (C=O) groups excluding carboxylic acids is 1. The van der Waals surface area contributed by atoms with Crippen LogP contribution in [0.1, 0.15) is 44.6 Å². The Bertz CT molecular complexity index is 600. The number of amides is 1. The van der Waals surface area contributed by atoms with Gasteiger partial charge >= 0.3 is 5.97 Å². The van der Waals surface area contributed by atoms with Gasteiger partial charge in [0.2, 0.25) is 5.91 Å². The third-order valence-electron chi connectivity index (χ3n) is 5.92. The maximum absolute atomic E-state index is 13.1. The highest BCUT2D eigenvalue weighted by molar-refractivity contribution is 5.84. The maximum atomic E-state index is 13.1. The molecule has 1 amide bonds. The summed E-state index contributed by atoms with van der Waals surface area (Å²) in [5, 5.41) is 12.0. The largest absolute Gasteiger partial charge is 0.481 e. The fourth-order valence-corrected chi connectivity index (χ4v) is 4.79. The van der Waals surface area contributed by atoms with E-state index in [0.29, 0.717) is 18.4 Å². The Labute approximate surface area is 143 Å². The zero-order chi connectivity index (χ0) is 17.2. The lowest BCUT2D eigenvalue weighted by Crippen LogP contribution is -2.47. The first-order valence-electron chi connectivity index (χ1n) is 9.03. The minimum absolute atomic E-state index is 0.0428. The molecule has 2 N–H and O–H groups in total. The molecule has 0 aromatic heterocycles. The third kappa shape index (κ3) is 3.47. The van der Waals surface area contributed by atoms with Crippen LogP contribution in [0.4, 0.5) is 0 Å². The molecule has 2 fully saturated rings. The number of carboxylic acid groups (broad SMARTS) is 1.